The van der Waals surface area contributed by atoms with E-state index in [2.05, 4.69) is 6.58 Å². The highest BCUT2D eigenvalue weighted by atomic mass is 35.5. The Hall–Kier alpha value is -1.15. The van der Waals surface area contributed by atoms with Crippen LogP contribution in [0.4, 0.5) is 4.39 Å². The van der Waals surface area contributed by atoms with Crippen molar-refractivity contribution in [3.05, 3.63) is 46.8 Å². The van der Waals surface area contributed by atoms with Crippen LogP contribution in [0.3, 0.4) is 0 Å². The molecule has 0 heterocycles. The van der Waals surface area contributed by atoms with E-state index in [1.54, 1.807) is 0 Å². The van der Waals surface area contributed by atoms with Gasteiger partial charge in [0.15, 0.2) is 5.78 Å². The molecule has 0 N–H and O–H groups in total. The van der Waals surface area contributed by atoms with Gasteiger partial charge >= 0.3 is 0 Å². The Morgan fingerprint density at radius 1 is 1.53 bits per heavy atom. The van der Waals surface area contributed by atoms with Crippen LogP contribution in [0.15, 0.2) is 30.4 Å². The summed E-state index contributed by atoms with van der Waals surface area (Å²) in [5.41, 5.74) is 0.830. The molecule has 0 spiro atoms. The molecule has 0 atom stereocenters. The Morgan fingerprint density at radius 3 is 2.80 bits per heavy atom. The van der Waals surface area contributed by atoms with Crippen molar-refractivity contribution in [3.63, 3.8) is 0 Å². The topological polar surface area (TPSA) is 17.1 Å². The van der Waals surface area contributed by atoms with Gasteiger partial charge in [0.1, 0.15) is 5.82 Å². The molecule has 1 nitrogen and oxygen atoms in total. The summed E-state index contributed by atoms with van der Waals surface area (Å²) in [7, 11) is 0. The van der Waals surface area contributed by atoms with Crippen LogP contribution in [0.5, 0.6) is 0 Å². The maximum Gasteiger partial charge on any atom is 0.169 e. The maximum absolute atomic E-state index is 13.3. The van der Waals surface area contributed by atoms with Crippen LogP contribution in [-0.4, -0.2) is 5.78 Å². The van der Waals surface area contributed by atoms with Crippen LogP contribution >= 0.6 is 11.6 Å². The van der Waals surface area contributed by atoms with Crippen molar-refractivity contribution >= 4 is 17.4 Å². The molecule has 3 heteroatoms. The van der Waals surface area contributed by atoms with E-state index in [1.807, 2.05) is 6.92 Å². The Bertz CT molecular complexity index is 399. The van der Waals surface area contributed by atoms with Crippen molar-refractivity contribution < 1.29 is 9.18 Å². The Labute approximate surface area is 93.6 Å². The molecule has 0 radical (unpaired) electrons. The van der Waals surface area contributed by atoms with Crippen LogP contribution < -0.4 is 0 Å². The van der Waals surface area contributed by atoms with E-state index in [4.69, 9.17) is 11.6 Å². The second-order valence-corrected chi connectivity index (χ2v) is 3.76. The highest BCUT2D eigenvalue weighted by Gasteiger charge is 2.12. The molecular weight excluding hydrogens is 215 g/mol. The third kappa shape index (κ3) is 3.17. The van der Waals surface area contributed by atoms with Gasteiger partial charge in [-0.3, -0.25) is 4.79 Å². The minimum absolute atomic E-state index is 0.0390. The molecule has 0 amide bonds. The molecule has 0 aliphatic carbocycles. The van der Waals surface area contributed by atoms with Crippen LogP contribution in [-0.2, 0) is 0 Å². The van der Waals surface area contributed by atoms with Gasteiger partial charge in [0.05, 0.1) is 5.56 Å². The predicted octanol–water partition coefficient (Wildman–Crippen LogP) is 4.02. The van der Waals surface area contributed by atoms with Gasteiger partial charge in [-0.15, -0.1) is 0 Å². The van der Waals surface area contributed by atoms with Crippen molar-refractivity contribution in [1.29, 1.82) is 0 Å². The number of ketones is 1. The highest BCUT2D eigenvalue weighted by molar-refractivity contribution is 6.31. The van der Waals surface area contributed by atoms with Crippen molar-refractivity contribution in [2.45, 2.75) is 19.8 Å². The Balaban J connectivity index is 2.91. The molecule has 1 aromatic rings. The van der Waals surface area contributed by atoms with Crippen LogP contribution in [0, 0.1) is 5.82 Å². The van der Waals surface area contributed by atoms with E-state index >= 15 is 0 Å². The van der Waals surface area contributed by atoms with E-state index < -0.39 is 5.82 Å². The van der Waals surface area contributed by atoms with E-state index in [1.165, 1.54) is 18.2 Å². The molecular formula is C12H12ClFO. The average Bonchev–Trinajstić information content (AvgIpc) is 2.21. The summed E-state index contributed by atoms with van der Waals surface area (Å²) in [6.07, 6.45) is 0.891. The van der Waals surface area contributed by atoms with Gasteiger partial charge in [-0.1, -0.05) is 30.7 Å². The van der Waals surface area contributed by atoms with Gasteiger partial charge in [-0.25, -0.2) is 4.39 Å². The summed E-state index contributed by atoms with van der Waals surface area (Å²) in [4.78, 5) is 11.6. The molecule has 0 aliphatic rings. The number of benzene rings is 1. The average molecular weight is 227 g/mol. The third-order valence-electron chi connectivity index (χ3n) is 2.14. The van der Waals surface area contributed by atoms with Crippen molar-refractivity contribution in [2.75, 3.05) is 0 Å². The molecule has 0 bridgehead atoms. The number of halogens is 2. The highest BCUT2D eigenvalue weighted by Crippen LogP contribution is 2.18. The van der Waals surface area contributed by atoms with Crippen LogP contribution in [0.25, 0.3) is 0 Å². The van der Waals surface area contributed by atoms with Gasteiger partial charge in [-0.2, -0.15) is 0 Å². The smallest absolute Gasteiger partial charge is 0.169 e. The van der Waals surface area contributed by atoms with E-state index in [9.17, 15) is 9.18 Å². The zero-order valence-corrected chi connectivity index (χ0v) is 9.27. The molecule has 0 saturated heterocycles. The summed E-state index contributed by atoms with van der Waals surface area (Å²) in [6, 6.07) is 3.97. The lowest BCUT2D eigenvalue weighted by molar-refractivity contribution is 0.0988. The number of rotatable bonds is 4. The molecule has 0 aromatic heterocycles. The number of hydrogen-bond acceptors (Lipinski definition) is 1. The standard InChI is InChI=1S/C12H12ClFO/c1-3-8(2)6-12(15)10-7-9(13)4-5-11(10)14/h4-5,7H,2-3,6H2,1H3. The number of allylic oxidation sites excluding steroid dienone is 1. The zero-order chi connectivity index (χ0) is 11.4. The first kappa shape index (κ1) is 11.9. The summed E-state index contributed by atoms with van der Waals surface area (Å²) in [6.45, 7) is 5.62. The van der Waals surface area contributed by atoms with Crippen molar-refractivity contribution in [1.82, 2.24) is 0 Å². The van der Waals surface area contributed by atoms with Gasteiger partial charge in [0.25, 0.3) is 0 Å². The summed E-state index contributed by atoms with van der Waals surface area (Å²) >= 11 is 5.69. The fourth-order valence-electron chi connectivity index (χ4n) is 1.16. The second kappa shape index (κ2) is 5.08. The third-order valence-corrected chi connectivity index (χ3v) is 2.37. The number of hydrogen-bond donors (Lipinski definition) is 0. The van der Waals surface area contributed by atoms with Crippen molar-refractivity contribution in [3.8, 4) is 0 Å². The Morgan fingerprint density at radius 2 is 2.20 bits per heavy atom. The molecule has 0 saturated carbocycles. The van der Waals surface area contributed by atoms with Gasteiger partial charge in [0, 0.05) is 11.4 Å². The lowest BCUT2D eigenvalue weighted by Gasteiger charge is -2.04. The first-order chi connectivity index (χ1) is 7.04. The molecule has 15 heavy (non-hydrogen) atoms. The number of carbonyl (C=O) groups excluding carboxylic acids is 1. The minimum atomic E-state index is -0.534. The largest absolute Gasteiger partial charge is 0.294 e. The monoisotopic (exact) mass is 226 g/mol. The second-order valence-electron chi connectivity index (χ2n) is 3.33. The lowest BCUT2D eigenvalue weighted by atomic mass is 10.0. The predicted molar refractivity (Wildman–Crippen MR) is 59.8 cm³/mol. The molecule has 0 unspecified atom stereocenters. The van der Waals surface area contributed by atoms with Gasteiger partial charge < -0.3 is 0 Å². The summed E-state index contributed by atoms with van der Waals surface area (Å²) < 4.78 is 13.3. The summed E-state index contributed by atoms with van der Waals surface area (Å²) in [5.74, 6) is -0.810. The SMILES string of the molecule is C=C(CC)CC(=O)c1cc(Cl)ccc1F. The number of Topliss-reactive ketones (excluding diaryl/α,β-unsaturated/α-hetero) is 1. The Kier molecular flexibility index (Phi) is 4.04. The minimum Gasteiger partial charge on any atom is -0.294 e. The van der Waals surface area contributed by atoms with E-state index in [0.717, 1.165) is 5.57 Å². The van der Waals surface area contributed by atoms with Gasteiger partial charge in [0.2, 0.25) is 0 Å². The molecule has 0 fully saturated rings. The first-order valence-electron chi connectivity index (χ1n) is 4.69. The van der Waals surface area contributed by atoms with Crippen molar-refractivity contribution in [2.24, 2.45) is 0 Å². The van der Waals surface area contributed by atoms with Crippen LogP contribution in [0.2, 0.25) is 5.02 Å². The van der Waals surface area contributed by atoms with E-state index in [-0.39, 0.29) is 17.8 Å². The zero-order valence-electron chi connectivity index (χ0n) is 8.52. The molecule has 1 rings (SSSR count). The lowest BCUT2D eigenvalue weighted by Crippen LogP contribution is -2.03. The molecule has 1 aromatic carbocycles. The molecule has 0 aliphatic heterocycles. The quantitative estimate of drug-likeness (QED) is 0.560. The van der Waals surface area contributed by atoms with Gasteiger partial charge in [-0.05, 0) is 24.6 Å². The number of carbonyl (C=O) groups is 1. The fraction of sp³-hybridized carbons (Fsp3) is 0.250. The van der Waals surface area contributed by atoms with Crippen LogP contribution in [0.1, 0.15) is 30.1 Å². The summed E-state index contributed by atoms with van der Waals surface area (Å²) in [5, 5.41) is 0.363. The fourth-order valence-corrected chi connectivity index (χ4v) is 1.33. The normalized spacial score (nSPS) is 10.1. The maximum atomic E-state index is 13.3. The van der Waals surface area contributed by atoms with E-state index in [0.29, 0.717) is 11.4 Å². The first-order valence-corrected chi connectivity index (χ1v) is 5.07. The molecule has 80 valence electrons.